The zero-order chi connectivity index (χ0) is 12.8. The molecule has 0 heterocycles. The largest absolute Gasteiger partial charge is 0.478 e. The van der Waals surface area contributed by atoms with Crippen LogP contribution in [-0.4, -0.2) is 11.1 Å². The minimum absolute atomic E-state index is 0.271. The molecule has 0 aliphatic carbocycles. The van der Waals surface area contributed by atoms with E-state index in [1.54, 1.807) is 25.1 Å². The van der Waals surface area contributed by atoms with Crippen LogP contribution in [0.25, 0.3) is 6.08 Å². The monoisotopic (exact) mass is 236 g/mol. The highest BCUT2D eigenvalue weighted by Gasteiger charge is 2.07. The molecule has 1 rings (SSSR count). The van der Waals surface area contributed by atoms with Crippen molar-refractivity contribution >= 4 is 12.0 Å². The SMILES string of the molecule is CCCC/C(=C\c1ccc(F)c(C)c1)C(=O)O. The number of hydrogen-bond donors (Lipinski definition) is 1. The first kappa shape index (κ1) is 13.4. The molecule has 0 fully saturated rings. The Kier molecular flexibility index (Phi) is 4.88. The molecule has 0 spiro atoms. The van der Waals surface area contributed by atoms with Gasteiger partial charge in [-0.15, -0.1) is 0 Å². The Labute approximate surface area is 101 Å². The van der Waals surface area contributed by atoms with Crippen LogP contribution >= 0.6 is 0 Å². The van der Waals surface area contributed by atoms with Gasteiger partial charge in [0.05, 0.1) is 0 Å². The van der Waals surface area contributed by atoms with Crippen LogP contribution in [0.5, 0.6) is 0 Å². The molecule has 0 atom stereocenters. The third kappa shape index (κ3) is 4.02. The smallest absolute Gasteiger partial charge is 0.331 e. The number of aliphatic carboxylic acids is 1. The lowest BCUT2D eigenvalue weighted by molar-refractivity contribution is -0.132. The number of carboxylic acids is 1. The van der Waals surface area contributed by atoms with Crippen LogP contribution in [0.3, 0.4) is 0 Å². The normalized spacial score (nSPS) is 11.6. The van der Waals surface area contributed by atoms with E-state index < -0.39 is 5.97 Å². The maximum atomic E-state index is 13.1. The van der Waals surface area contributed by atoms with Gasteiger partial charge in [-0.25, -0.2) is 9.18 Å². The summed E-state index contributed by atoms with van der Waals surface area (Å²) < 4.78 is 13.1. The summed E-state index contributed by atoms with van der Waals surface area (Å²) in [6.45, 7) is 3.68. The van der Waals surface area contributed by atoms with Crippen molar-refractivity contribution in [2.75, 3.05) is 0 Å². The fourth-order valence-corrected chi connectivity index (χ4v) is 1.57. The maximum Gasteiger partial charge on any atom is 0.331 e. The van der Waals surface area contributed by atoms with Crippen molar-refractivity contribution in [1.82, 2.24) is 0 Å². The molecule has 17 heavy (non-hydrogen) atoms. The van der Waals surface area contributed by atoms with Crippen LogP contribution in [0.4, 0.5) is 4.39 Å². The second-order valence-corrected chi connectivity index (χ2v) is 4.09. The van der Waals surface area contributed by atoms with E-state index in [2.05, 4.69) is 0 Å². The summed E-state index contributed by atoms with van der Waals surface area (Å²) in [5.74, 6) is -1.17. The zero-order valence-corrected chi connectivity index (χ0v) is 10.2. The number of hydrogen-bond acceptors (Lipinski definition) is 1. The molecule has 0 bridgehead atoms. The predicted molar refractivity (Wildman–Crippen MR) is 66.3 cm³/mol. The third-order valence-corrected chi connectivity index (χ3v) is 2.60. The van der Waals surface area contributed by atoms with Crippen LogP contribution in [0.15, 0.2) is 23.8 Å². The van der Waals surface area contributed by atoms with E-state index in [4.69, 9.17) is 5.11 Å². The molecular formula is C14H17FO2. The van der Waals surface area contributed by atoms with Crippen molar-refractivity contribution < 1.29 is 14.3 Å². The van der Waals surface area contributed by atoms with Crippen molar-refractivity contribution in [2.24, 2.45) is 0 Å². The average molecular weight is 236 g/mol. The Morgan fingerprint density at radius 3 is 2.71 bits per heavy atom. The fraction of sp³-hybridized carbons (Fsp3) is 0.357. The lowest BCUT2D eigenvalue weighted by Gasteiger charge is -2.03. The molecule has 0 saturated heterocycles. The highest BCUT2D eigenvalue weighted by Crippen LogP contribution is 2.16. The molecule has 0 radical (unpaired) electrons. The summed E-state index contributed by atoms with van der Waals surface area (Å²) in [5, 5.41) is 9.04. The molecule has 0 unspecified atom stereocenters. The van der Waals surface area contributed by atoms with Crippen molar-refractivity contribution in [3.05, 3.63) is 40.7 Å². The Balaban J connectivity index is 2.95. The molecule has 0 aromatic heterocycles. The number of rotatable bonds is 5. The van der Waals surface area contributed by atoms with E-state index in [-0.39, 0.29) is 5.82 Å². The second kappa shape index (κ2) is 6.18. The Bertz CT molecular complexity index is 436. The fourth-order valence-electron chi connectivity index (χ4n) is 1.57. The summed E-state index contributed by atoms with van der Waals surface area (Å²) in [6, 6.07) is 4.61. The van der Waals surface area contributed by atoms with Crippen LogP contribution < -0.4 is 0 Å². The molecule has 0 saturated carbocycles. The molecular weight excluding hydrogens is 219 g/mol. The lowest BCUT2D eigenvalue weighted by Crippen LogP contribution is -2.00. The predicted octanol–water partition coefficient (Wildman–Crippen LogP) is 3.79. The van der Waals surface area contributed by atoms with Gasteiger partial charge in [-0.3, -0.25) is 0 Å². The van der Waals surface area contributed by atoms with Crippen LogP contribution in [0.1, 0.15) is 37.3 Å². The van der Waals surface area contributed by atoms with E-state index in [1.807, 2.05) is 6.92 Å². The van der Waals surface area contributed by atoms with Gasteiger partial charge >= 0.3 is 5.97 Å². The number of carboxylic acid groups (broad SMARTS) is 1. The van der Waals surface area contributed by atoms with Gasteiger partial charge in [-0.1, -0.05) is 19.4 Å². The topological polar surface area (TPSA) is 37.3 Å². The minimum Gasteiger partial charge on any atom is -0.478 e. The third-order valence-electron chi connectivity index (χ3n) is 2.60. The number of halogens is 1. The van der Waals surface area contributed by atoms with Gasteiger partial charge in [-0.05, 0) is 49.1 Å². The van der Waals surface area contributed by atoms with Gasteiger partial charge in [0.1, 0.15) is 5.82 Å². The first-order chi connectivity index (χ1) is 8.04. The zero-order valence-electron chi connectivity index (χ0n) is 10.2. The lowest BCUT2D eigenvalue weighted by atomic mass is 10.0. The summed E-state index contributed by atoms with van der Waals surface area (Å²) in [5.41, 5.74) is 1.63. The van der Waals surface area contributed by atoms with Crippen molar-refractivity contribution in [2.45, 2.75) is 33.1 Å². The van der Waals surface area contributed by atoms with Gasteiger partial charge in [0.15, 0.2) is 0 Å². The quantitative estimate of drug-likeness (QED) is 0.790. The van der Waals surface area contributed by atoms with E-state index in [0.717, 1.165) is 18.4 Å². The summed E-state index contributed by atoms with van der Waals surface area (Å²) in [4.78, 5) is 11.0. The van der Waals surface area contributed by atoms with Gasteiger partial charge in [-0.2, -0.15) is 0 Å². The van der Waals surface area contributed by atoms with E-state index in [9.17, 15) is 9.18 Å². The second-order valence-electron chi connectivity index (χ2n) is 4.09. The summed E-state index contributed by atoms with van der Waals surface area (Å²) in [7, 11) is 0. The van der Waals surface area contributed by atoms with Crippen molar-refractivity contribution in [3.63, 3.8) is 0 Å². The molecule has 1 N–H and O–H groups in total. The highest BCUT2D eigenvalue weighted by atomic mass is 19.1. The van der Waals surface area contributed by atoms with E-state index in [1.165, 1.54) is 6.07 Å². The Hall–Kier alpha value is -1.64. The standard InChI is InChI=1S/C14H17FO2/c1-3-4-5-12(14(16)17)9-11-6-7-13(15)10(2)8-11/h6-9H,3-5H2,1-2H3,(H,16,17)/b12-9+. The summed E-state index contributed by atoms with van der Waals surface area (Å²) >= 11 is 0. The molecule has 92 valence electrons. The highest BCUT2D eigenvalue weighted by molar-refractivity contribution is 5.92. The van der Waals surface area contributed by atoms with Gasteiger partial charge < -0.3 is 5.11 Å². The number of aryl methyl sites for hydroxylation is 1. The number of carbonyl (C=O) groups is 1. The molecule has 2 nitrogen and oxygen atoms in total. The van der Waals surface area contributed by atoms with Crippen LogP contribution in [-0.2, 0) is 4.79 Å². The number of benzene rings is 1. The minimum atomic E-state index is -0.902. The first-order valence-corrected chi connectivity index (χ1v) is 5.74. The summed E-state index contributed by atoms with van der Waals surface area (Å²) in [6.07, 6.45) is 3.96. The van der Waals surface area contributed by atoms with Gasteiger partial charge in [0, 0.05) is 5.57 Å². The van der Waals surface area contributed by atoms with Gasteiger partial charge in [0.25, 0.3) is 0 Å². The molecule has 0 aliphatic heterocycles. The maximum absolute atomic E-state index is 13.1. The van der Waals surface area contributed by atoms with Gasteiger partial charge in [0.2, 0.25) is 0 Å². The van der Waals surface area contributed by atoms with Crippen LogP contribution in [0, 0.1) is 12.7 Å². The Morgan fingerprint density at radius 1 is 1.47 bits per heavy atom. The average Bonchev–Trinajstić information content (AvgIpc) is 2.28. The molecule has 3 heteroatoms. The first-order valence-electron chi connectivity index (χ1n) is 5.74. The number of unbranched alkanes of at least 4 members (excludes halogenated alkanes) is 1. The molecule has 1 aromatic rings. The molecule has 0 amide bonds. The molecule has 1 aromatic carbocycles. The Morgan fingerprint density at radius 2 is 2.18 bits per heavy atom. The molecule has 0 aliphatic rings. The van der Waals surface area contributed by atoms with Crippen molar-refractivity contribution in [3.8, 4) is 0 Å². The van der Waals surface area contributed by atoms with Crippen LogP contribution in [0.2, 0.25) is 0 Å². The van der Waals surface area contributed by atoms with E-state index >= 15 is 0 Å². The van der Waals surface area contributed by atoms with E-state index in [0.29, 0.717) is 17.6 Å². The van der Waals surface area contributed by atoms with Crippen molar-refractivity contribution in [1.29, 1.82) is 0 Å².